The van der Waals surface area contributed by atoms with Gasteiger partial charge in [0.25, 0.3) is 0 Å². The summed E-state index contributed by atoms with van der Waals surface area (Å²) >= 11 is 0. The maximum atomic E-state index is 5.83. The van der Waals surface area contributed by atoms with E-state index in [4.69, 9.17) is 15.2 Å². The van der Waals surface area contributed by atoms with Gasteiger partial charge in [-0.25, -0.2) is 0 Å². The maximum absolute atomic E-state index is 5.83. The zero-order chi connectivity index (χ0) is 14.2. The minimum absolute atomic E-state index is 0. The van der Waals surface area contributed by atoms with Crippen molar-refractivity contribution in [2.24, 2.45) is 16.6 Å². The molecule has 118 valence electrons. The van der Waals surface area contributed by atoms with Gasteiger partial charge in [0.15, 0.2) is 5.96 Å². The minimum Gasteiger partial charge on any atom is -0.497 e. The largest absolute Gasteiger partial charge is 0.497 e. The zero-order valence-corrected chi connectivity index (χ0v) is 14.7. The van der Waals surface area contributed by atoms with Gasteiger partial charge in [-0.3, -0.25) is 4.99 Å². The highest BCUT2D eigenvalue weighted by molar-refractivity contribution is 14.0. The number of halogens is 1. The summed E-state index contributed by atoms with van der Waals surface area (Å²) in [5, 5.41) is 3.04. The summed E-state index contributed by atoms with van der Waals surface area (Å²) in [7, 11) is 1.64. The molecule has 0 bridgehead atoms. The number of rotatable bonds is 8. The lowest BCUT2D eigenvalue weighted by Gasteiger charge is -2.07. The lowest BCUT2D eigenvalue weighted by Crippen LogP contribution is -2.23. The third kappa shape index (κ3) is 7.52. The van der Waals surface area contributed by atoms with Gasteiger partial charge in [-0.1, -0.05) is 6.07 Å². The number of guanidine groups is 1. The average molecular weight is 405 g/mol. The molecule has 0 atom stereocenters. The Kier molecular flexibility index (Phi) is 8.44. The predicted molar refractivity (Wildman–Crippen MR) is 96.7 cm³/mol. The molecule has 0 heterocycles. The molecule has 5 nitrogen and oxygen atoms in total. The van der Waals surface area contributed by atoms with Crippen LogP contribution < -0.4 is 15.8 Å². The third-order valence-electron chi connectivity index (χ3n) is 3.12. The molecule has 0 spiro atoms. The van der Waals surface area contributed by atoms with Gasteiger partial charge in [0, 0.05) is 31.5 Å². The third-order valence-corrected chi connectivity index (χ3v) is 3.12. The van der Waals surface area contributed by atoms with Crippen molar-refractivity contribution in [1.82, 2.24) is 0 Å². The van der Waals surface area contributed by atoms with Crippen molar-refractivity contribution in [3.8, 4) is 5.75 Å². The maximum Gasteiger partial charge on any atom is 0.193 e. The predicted octanol–water partition coefficient (Wildman–Crippen LogP) is 2.86. The number of aliphatic imine (C=N–C) groups is 1. The van der Waals surface area contributed by atoms with Crippen molar-refractivity contribution in [3.05, 3.63) is 24.3 Å². The van der Waals surface area contributed by atoms with Gasteiger partial charge in [0.1, 0.15) is 5.75 Å². The fourth-order valence-electron chi connectivity index (χ4n) is 1.79. The van der Waals surface area contributed by atoms with Crippen LogP contribution in [0.4, 0.5) is 5.69 Å². The lowest BCUT2D eigenvalue weighted by atomic mass is 10.3. The molecule has 0 aliphatic heterocycles. The van der Waals surface area contributed by atoms with Crippen LogP contribution in [-0.4, -0.2) is 32.8 Å². The molecule has 3 N–H and O–H groups in total. The number of hydrogen-bond acceptors (Lipinski definition) is 3. The van der Waals surface area contributed by atoms with E-state index in [0.29, 0.717) is 12.5 Å². The second-order valence-corrected chi connectivity index (χ2v) is 5.00. The molecule has 0 amide bonds. The summed E-state index contributed by atoms with van der Waals surface area (Å²) in [6.07, 6.45) is 3.55. The summed E-state index contributed by atoms with van der Waals surface area (Å²) in [6.45, 7) is 2.33. The molecule has 1 saturated carbocycles. The van der Waals surface area contributed by atoms with E-state index in [0.717, 1.165) is 37.0 Å². The number of ether oxygens (including phenoxy) is 2. The number of benzene rings is 1. The molecule has 1 aliphatic carbocycles. The van der Waals surface area contributed by atoms with Crippen molar-refractivity contribution in [2.45, 2.75) is 19.3 Å². The number of methoxy groups -OCH3 is 1. The Morgan fingerprint density at radius 3 is 2.95 bits per heavy atom. The van der Waals surface area contributed by atoms with Crippen LogP contribution in [0.5, 0.6) is 5.75 Å². The van der Waals surface area contributed by atoms with Crippen molar-refractivity contribution < 1.29 is 9.47 Å². The molecule has 21 heavy (non-hydrogen) atoms. The quantitative estimate of drug-likeness (QED) is 0.302. The van der Waals surface area contributed by atoms with Gasteiger partial charge < -0.3 is 20.5 Å². The molecule has 1 aromatic carbocycles. The number of hydrogen-bond donors (Lipinski definition) is 2. The van der Waals surface area contributed by atoms with E-state index in [1.165, 1.54) is 12.8 Å². The van der Waals surface area contributed by atoms with Crippen LogP contribution in [0, 0.1) is 5.92 Å². The van der Waals surface area contributed by atoms with Crippen molar-refractivity contribution in [2.75, 3.05) is 32.2 Å². The van der Waals surface area contributed by atoms with E-state index in [1.54, 1.807) is 7.11 Å². The van der Waals surface area contributed by atoms with Gasteiger partial charge in [0.05, 0.1) is 7.11 Å². The highest BCUT2D eigenvalue weighted by Gasteiger charge is 2.20. The Morgan fingerprint density at radius 1 is 1.43 bits per heavy atom. The van der Waals surface area contributed by atoms with Gasteiger partial charge >= 0.3 is 0 Å². The Balaban J connectivity index is 0.00000220. The van der Waals surface area contributed by atoms with Crippen molar-refractivity contribution in [1.29, 1.82) is 0 Å². The molecule has 1 aliphatic rings. The van der Waals surface area contributed by atoms with Crippen LogP contribution in [0.2, 0.25) is 0 Å². The Morgan fingerprint density at radius 2 is 2.24 bits per heavy atom. The van der Waals surface area contributed by atoms with E-state index in [2.05, 4.69) is 10.3 Å². The van der Waals surface area contributed by atoms with Crippen molar-refractivity contribution in [3.63, 3.8) is 0 Å². The summed E-state index contributed by atoms with van der Waals surface area (Å²) in [6, 6.07) is 7.58. The summed E-state index contributed by atoms with van der Waals surface area (Å²) in [5.41, 5.74) is 6.70. The Hall–Kier alpha value is -1.02. The van der Waals surface area contributed by atoms with E-state index >= 15 is 0 Å². The summed E-state index contributed by atoms with van der Waals surface area (Å²) in [4.78, 5) is 4.27. The average Bonchev–Trinajstić information content (AvgIpc) is 3.27. The van der Waals surface area contributed by atoms with Gasteiger partial charge in [-0.2, -0.15) is 0 Å². The second-order valence-electron chi connectivity index (χ2n) is 5.00. The number of nitrogens with one attached hydrogen (secondary N) is 1. The smallest absolute Gasteiger partial charge is 0.193 e. The van der Waals surface area contributed by atoms with Gasteiger partial charge in [0.2, 0.25) is 0 Å². The van der Waals surface area contributed by atoms with Crippen molar-refractivity contribution >= 4 is 35.6 Å². The van der Waals surface area contributed by atoms with Gasteiger partial charge in [-0.05, 0) is 37.3 Å². The number of anilines is 1. The monoisotopic (exact) mass is 405 g/mol. The zero-order valence-electron chi connectivity index (χ0n) is 12.4. The Bertz CT molecular complexity index is 450. The Labute approximate surface area is 143 Å². The molecule has 1 aromatic rings. The SMILES string of the molecule is COc1cccc(NC(N)=NCCCOCC2CC2)c1.I. The molecule has 0 unspecified atom stereocenters. The van der Waals surface area contributed by atoms with Crippen LogP contribution in [0.1, 0.15) is 19.3 Å². The van der Waals surface area contributed by atoms with Gasteiger partial charge in [-0.15, -0.1) is 24.0 Å². The normalized spacial score (nSPS) is 14.4. The topological polar surface area (TPSA) is 68.9 Å². The van der Waals surface area contributed by atoms with E-state index in [9.17, 15) is 0 Å². The van der Waals surface area contributed by atoms with E-state index < -0.39 is 0 Å². The van der Waals surface area contributed by atoms with Crippen LogP contribution >= 0.6 is 24.0 Å². The molecule has 1 fully saturated rings. The van der Waals surface area contributed by atoms with E-state index in [-0.39, 0.29) is 24.0 Å². The highest BCUT2D eigenvalue weighted by atomic mass is 127. The first kappa shape index (κ1) is 18.0. The fourth-order valence-corrected chi connectivity index (χ4v) is 1.79. The fraction of sp³-hybridized carbons (Fsp3) is 0.533. The van der Waals surface area contributed by atoms with Crippen LogP contribution in [0.15, 0.2) is 29.3 Å². The number of nitrogens with two attached hydrogens (primary N) is 1. The molecule has 0 saturated heterocycles. The number of nitrogens with zero attached hydrogens (tertiary/aromatic N) is 1. The highest BCUT2D eigenvalue weighted by Crippen LogP contribution is 2.28. The minimum atomic E-state index is 0. The van der Waals surface area contributed by atoms with Crippen LogP contribution in [0.3, 0.4) is 0 Å². The lowest BCUT2D eigenvalue weighted by molar-refractivity contribution is 0.123. The first-order valence-electron chi connectivity index (χ1n) is 7.06. The van der Waals surface area contributed by atoms with Crippen LogP contribution in [0.25, 0.3) is 0 Å². The summed E-state index contributed by atoms with van der Waals surface area (Å²) < 4.78 is 10.7. The molecular formula is C15H24IN3O2. The second kappa shape index (κ2) is 9.83. The summed E-state index contributed by atoms with van der Waals surface area (Å²) in [5.74, 6) is 2.02. The molecule has 2 rings (SSSR count). The van der Waals surface area contributed by atoms with Crippen LogP contribution in [-0.2, 0) is 4.74 Å². The molecule has 6 heteroatoms. The standard InChI is InChI=1S/C15H23N3O2.HI/c1-19-14-5-2-4-13(10-14)18-15(16)17-8-3-9-20-11-12-6-7-12;/h2,4-5,10,12H,3,6-9,11H2,1H3,(H3,16,17,18);1H. The van der Waals surface area contributed by atoms with E-state index in [1.807, 2.05) is 24.3 Å². The molecular weight excluding hydrogens is 381 g/mol. The molecule has 0 radical (unpaired) electrons. The first-order chi connectivity index (χ1) is 9.78. The molecule has 0 aromatic heterocycles. The first-order valence-corrected chi connectivity index (χ1v) is 7.06.